The van der Waals surface area contributed by atoms with Crippen LogP contribution in [0.15, 0.2) is 36.7 Å². The maximum absolute atomic E-state index is 11.9. The van der Waals surface area contributed by atoms with Crippen LogP contribution in [-0.2, 0) is 0 Å². The van der Waals surface area contributed by atoms with Gasteiger partial charge in [-0.1, -0.05) is 0 Å². The van der Waals surface area contributed by atoms with Gasteiger partial charge in [-0.15, -0.1) is 12.4 Å². The molecular formula is C14H15ClN3O2+. The first-order valence-electron chi connectivity index (χ1n) is 6.06. The van der Waals surface area contributed by atoms with Crippen LogP contribution in [-0.4, -0.2) is 24.0 Å². The van der Waals surface area contributed by atoms with E-state index in [4.69, 9.17) is 4.74 Å². The topological polar surface area (TPSA) is 55.1 Å². The predicted molar refractivity (Wildman–Crippen MR) is 77.4 cm³/mol. The molecule has 104 valence electrons. The maximum atomic E-state index is 11.9. The van der Waals surface area contributed by atoms with Crippen LogP contribution in [0.25, 0.3) is 11.3 Å². The van der Waals surface area contributed by atoms with Crippen LogP contribution >= 0.6 is 12.4 Å². The summed E-state index contributed by atoms with van der Waals surface area (Å²) in [4.78, 5) is 16.3. The average Bonchev–Trinajstić information content (AvgIpc) is 2.74. The van der Waals surface area contributed by atoms with Gasteiger partial charge in [0.05, 0.1) is 7.11 Å². The van der Waals surface area contributed by atoms with Crippen molar-refractivity contribution in [3.63, 3.8) is 0 Å². The standard InChI is InChI=1S/C14H13N3O2.ClH/c1-9-14(18)17-8-12(15-7-13(17)16-9)10-3-5-11(19-2)6-4-10;/h3-9H,1-2H3;1H/p+1. The molecule has 1 unspecified atom stereocenters. The fourth-order valence-corrected chi connectivity index (χ4v) is 2.11. The van der Waals surface area contributed by atoms with E-state index in [0.29, 0.717) is 0 Å². The Balaban J connectivity index is 0.00000147. The number of fused-ring (bicyclic) bond motifs is 1. The first kappa shape index (κ1) is 14.3. The Hall–Kier alpha value is -2.14. The Morgan fingerprint density at radius 3 is 2.65 bits per heavy atom. The van der Waals surface area contributed by atoms with Crippen molar-refractivity contribution in [2.45, 2.75) is 13.0 Å². The second-order valence-electron chi connectivity index (χ2n) is 4.46. The average molecular weight is 293 g/mol. The summed E-state index contributed by atoms with van der Waals surface area (Å²) < 4.78 is 6.73. The van der Waals surface area contributed by atoms with Gasteiger partial charge in [0.15, 0.2) is 6.04 Å². The number of ether oxygens (including phenoxy) is 1. The summed E-state index contributed by atoms with van der Waals surface area (Å²) in [5.41, 5.74) is 1.71. The number of hydrogen-bond acceptors (Lipinski definition) is 4. The zero-order valence-corrected chi connectivity index (χ0v) is 12.0. The van der Waals surface area contributed by atoms with E-state index in [-0.39, 0.29) is 24.4 Å². The zero-order chi connectivity index (χ0) is 13.4. The first-order chi connectivity index (χ1) is 9.19. The summed E-state index contributed by atoms with van der Waals surface area (Å²) in [5, 5.41) is 3.07. The number of rotatable bonds is 2. The van der Waals surface area contributed by atoms with Crippen molar-refractivity contribution >= 4 is 24.1 Å². The Bertz CT molecular complexity index is 643. The molecule has 0 amide bonds. The molecule has 1 aromatic heterocycles. The molecule has 1 atom stereocenters. The molecule has 20 heavy (non-hydrogen) atoms. The molecule has 0 aliphatic carbocycles. The van der Waals surface area contributed by atoms with Crippen molar-refractivity contribution in [2.75, 3.05) is 12.4 Å². The summed E-state index contributed by atoms with van der Waals surface area (Å²) in [6.07, 6.45) is 3.44. The van der Waals surface area contributed by atoms with E-state index in [9.17, 15) is 4.79 Å². The molecule has 0 spiro atoms. The van der Waals surface area contributed by atoms with E-state index in [1.807, 2.05) is 31.2 Å². The van der Waals surface area contributed by atoms with Gasteiger partial charge in [0.25, 0.3) is 0 Å². The highest BCUT2D eigenvalue weighted by Crippen LogP contribution is 2.21. The molecule has 5 nitrogen and oxygen atoms in total. The fraction of sp³-hybridized carbons (Fsp3) is 0.214. The maximum Gasteiger partial charge on any atom is 0.358 e. The Morgan fingerprint density at radius 1 is 1.30 bits per heavy atom. The fourth-order valence-electron chi connectivity index (χ4n) is 2.11. The van der Waals surface area contributed by atoms with Gasteiger partial charge in [-0.25, -0.2) is 9.78 Å². The quantitative estimate of drug-likeness (QED) is 0.859. The van der Waals surface area contributed by atoms with Gasteiger partial charge in [-0.05, 0) is 31.2 Å². The SMILES string of the molecule is COc1ccc(-c2c[n+]3c(cn2)NC(C)C3=O)cc1.Cl. The molecule has 1 aliphatic heterocycles. The number of nitrogens with zero attached hydrogens (tertiary/aromatic N) is 2. The highest BCUT2D eigenvalue weighted by Gasteiger charge is 2.34. The van der Waals surface area contributed by atoms with E-state index < -0.39 is 0 Å². The molecule has 0 saturated carbocycles. The minimum atomic E-state index is -0.201. The number of carbonyl (C=O) groups is 1. The van der Waals surface area contributed by atoms with Crippen molar-refractivity contribution in [3.8, 4) is 17.0 Å². The van der Waals surface area contributed by atoms with Crippen LogP contribution in [0.4, 0.5) is 5.82 Å². The van der Waals surface area contributed by atoms with Crippen molar-refractivity contribution in [3.05, 3.63) is 36.7 Å². The normalized spacial score (nSPS) is 16.1. The van der Waals surface area contributed by atoms with Gasteiger partial charge in [-0.3, -0.25) is 5.32 Å². The third kappa shape index (κ3) is 2.32. The number of carbonyl (C=O) groups excluding carboxylic acids is 1. The molecule has 1 N–H and O–H groups in total. The van der Waals surface area contributed by atoms with Crippen LogP contribution in [0.3, 0.4) is 0 Å². The number of nitrogens with one attached hydrogen (secondary N) is 1. The third-order valence-electron chi connectivity index (χ3n) is 3.19. The van der Waals surface area contributed by atoms with Crippen molar-refractivity contribution < 1.29 is 14.1 Å². The number of aromatic nitrogens is 2. The molecule has 0 bridgehead atoms. The van der Waals surface area contributed by atoms with Gasteiger partial charge >= 0.3 is 11.7 Å². The number of methoxy groups -OCH3 is 1. The van der Waals surface area contributed by atoms with E-state index >= 15 is 0 Å². The molecular weight excluding hydrogens is 278 g/mol. The van der Waals surface area contributed by atoms with Crippen molar-refractivity contribution in [1.29, 1.82) is 0 Å². The van der Waals surface area contributed by atoms with E-state index in [1.165, 1.54) is 0 Å². The first-order valence-corrected chi connectivity index (χ1v) is 6.06. The Kier molecular flexibility index (Phi) is 3.90. The molecule has 1 aromatic carbocycles. The summed E-state index contributed by atoms with van der Waals surface area (Å²) in [6, 6.07) is 7.39. The molecule has 2 aromatic rings. The van der Waals surface area contributed by atoms with Crippen LogP contribution in [0.5, 0.6) is 5.75 Å². The van der Waals surface area contributed by atoms with Crippen LogP contribution in [0.2, 0.25) is 0 Å². The Labute approximate surface area is 123 Å². The van der Waals surface area contributed by atoms with E-state index in [0.717, 1.165) is 22.8 Å². The predicted octanol–water partition coefficient (Wildman–Crippen LogP) is 1.92. The van der Waals surface area contributed by atoms with Gasteiger partial charge < -0.3 is 4.74 Å². The molecule has 1 aliphatic rings. The molecule has 2 heterocycles. The lowest BCUT2D eigenvalue weighted by Crippen LogP contribution is -2.42. The molecule has 6 heteroatoms. The van der Waals surface area contributed by atoms with Gasteiger partial charge in [-0.2, -0.15) is 4.57 Å². The molecule has 0 fully saturated rings. The molecule has 0 saturated heterocycles. The van der Waals surface area contributed by atoms with Gasteiger partial charge in [0.1, 0.15) is 23.8 Å². The number of anilines is 1. The Morgan fingerprint density at radius 2 is 2.00 bits per heavy atom. The summed E-state index contributed by atoms with van der Waals surface area (Å²) >= 11 is 0. The molecule has 3 rings (SSSR count). The van der Waals surface area contributed by atoms with Crippen LogP contribution < -0.4 is 14.6 Å². The van der Waals surface area contributed by atoms with Crippen LogP contribution in [0, 0.1) is 0 Å². The largest absolute Gasteiger partial charge is 0.497 e. The zero-order valence-electron chi connectivity index (χ0n) is 11.2. The minimum Gasteiger partial charge on any atom is -0.497 e. The number of halogens is 1. The lowest BCUT2D eigenvalue weighted by Gasteiger charge is -2.02. The number of hydrogen-bond donors (Lipinski definition) is 1. The second kappa shape index (κ2) is 5.46. The highest BCUT2D eigenvalue weighted by atomic mass is 35.5. The minimum absolute atomic E-state index is 0. The summed E-state index contributed by atoms with van der Waals surface area (Å²) in [6.45, 7) is 1.84. The third-order valence-corrected chi connectivity index (χ3v) is 3.19. The second-order valence-corrected chi connectivity index (χ2v) is 4.46. The van der Waals surface area contributed by atoms with E-state index in [2.05, 4.69) is 10.3 Å². The van der Waals surface area contributed by atoms with Crippen molar-refractivity contribution in [1.82, 2.24) is 4.98 Å². The number of benzene rings is 1. The summed E-state index contributed by atoms with van der Waals surface area (Å²) in [5.74, 6) is 1.56. The van der Waals surface area contributed by atoms with E-state index in [1.54, 1.807) is 24.1 Å². The monoisotopic (exact) mass is 292 g/mol. The van der Waals surface area contributed by atoms with Gasteiger partial charge in [0, 0.05) is 5.56 Å². The van der Waals surface area contributed by atoms with Crippen molar-refractivity contribution in [2.24, 2.45) is 0 Å². The van der Waals surface area contributed by atoms with Crippen LogP contribution in [0.1, 0.15) is 11.7 Å². The van der Waals surface area contributed by atoms with Gasteiger partial charge in [0.2, 0.25) is 0 Å². The summed E-state index contributed by atoms with van der Waals surface area (Å²) in [7, 11) is 1.63. The lowest BCUT2D eigenvalue weighted by atomic mass is 10.1. The highest BCUT2D eigenvalue weighted by molar-refractivity contribution is 5.85. The smallest absolute Gasteiger partial charge is 0.358 e. The molecule has 0 radical (unpaired) electrons. The lowest BCUT2D eigenvalue weighted by molar-refractivity contribution is -0.552.